The van der Waals surface area contributed by atoms with E-state index in [9.17, 15) is 26.4 Å². The molecule has 1 aromatic heterocycles. The molecule has 0 spiro atoms. The maximum absolute atomic E-state index is 13.4. The van der Waals surface area contributed by atoms with Crippen molar-refractivity contribution in [2.45, 2.75) is 17.5 Å². The predicted molar refractivity (Wildman–Crippen MR) is 104 cm³/mol. The van der Waals surface area contributed by atoms with Crippen molar-refractivity contribution in [2.75, 3.05) is 13.6 Å². The van der Waals surface area contributed by atoms with E-state index in [1.54, 1.807) is 0 Å². The Kier molecular flexibility index (Phi) is 5.55. The van der Waals surface area contributed by atoms with Crippen LogP contribution in [0, 0.1) is 0 Å². The van der Waals surface area contributed by atoms with Crippen molar-refractivity contribution in [3.63, 3.8) is 0 Å². The van der Waals surface area contributed by atoms with Gasteiger partial charge in [0.15, 0.2) is 0 Å². The number of benzene rings is 2. The lowest BCUT2D eigenvalue weighted by Crippen LogP contribution is -2.29. The molecular weight excluding hydrogens is 405 g/mol. The van der Waals surface area contributed by atoms with Gasteiger partial charge in [0.25, 0.3) is 5.56 Å². The van der Waals surface area contributed by atoms with Crippen LogP contribution in [0.4, 0.5) is 13.2 Å². The van der Waals surface area contributed by atoms with Gasteiger partial charge < -0.3 is 4.57 Å². The summed E-state index contributed by atoms with van der Waals surface area (Å²) < 4.78 is 68.2. The molecule has 0 N–H and O–H groups in total. The third kappa shape index (κ3) is 4.20. The van der Waals surface area contributed by atoms with Crippen LogP contribution in [0.5, 0.6) is 0 Å². The molecule has 2 aromatic carbocycles. The third-order valence-corrected chi connectivity index (χ3v) is 6.64. The second kappa shape index (κ2) is 7.64. The molecule has 0 saturated carbocycles. The molecule has 5 nitrogen and oxygen atoms in total. The molecule has 0 aliphatic rings. The summed E-state index contributed by atoms with van der Waals surface area (Å²) in [7, 11) is -1.29. The maximum Gasteiger partial charge on any atom is 0.417 e. The SMILES string of the molecule is CN(CCc1ccccc1)S(=O)(=O)c1ccc2c(c1)c(C(F)(F)F)cc(=O)n2C. The second-order valence-electron chi connectivity index (χ2n) is 6.69. The Morgan fingerprint density at radius 1 is 1.03 bits per heavy atom. The van der Waals surface area contributed by atoms with E-state index >= 15 is 0 Å². The van der Waals surface area contributed by atoms with Crippen LogP contribution >= 0.6 is 0 Å². The number of aromatic nitrogens is 1. The van der Waals surface area contributed by atoms with Crippen LogP contribution in [0.3, 0.4) is 0 Å². The normalized spacial score (nSPS) is 12.6. The van der Waals surface area contributed by atoms with E-state index in [4.69, 9.17) is 0 Å². The molecule has 0 amide bonds. The molecule has 154 valence electrons. The van der Waals surface area contributed by atoms with E-state index < -0.39 is 27.3 Å². The third-order valence-electron chi connectivity index (χ3n) is 4.79. The first kappa shape index (κ1) is 21.1. The molecule has 0 atom stereocenters. The van der Waals surface area contributed by atoms with Crippen molar-refractivity contribution in [1.29, 1.82) is 0 Å². The highest BCUT2D eigenvalue weighted by Gasteiger charge is 2.34. The highest BCUT2D eigenvalue weighted by Crippen LogP contribution is 2.34. The van der Waals surface area contributed by atoms with Crippen molar-refractivity contribution in [1.82, 2.24) is 8.87 Å². The topological polar surface area (TPSA) is 59.4 Å². The molecule has 3 rings (SSSR count). The monoisotopic (exact) mass is 424 g/mol. The minimum Gasteiger partial charge on any atom is -0.311 e. The van der Waals surface area contributed by atoms with E-state index in [1.807, 2.05) is 30.3 Å². The first-order valence-electron chi connectivity index (χ1n) is 8.73. The van der Waals surface area contributed by atoms with Gasteiger partial charge in [0, 0.05) is 32.1 Å². The molecule has 29 heavy (non-hydrogen) atoms. The molecule has 0 radical (unpaired) electrons. The lowest BCUT2D eigenvalue weighted by molar-refractivity contribution is -0.136. The number of hydrogen-bond acceptors (Lipinski definition) is 3. The van der Waals surface area contributed by atoms with Crippen molar-refractivity contribution in [2.24, 2.45) is 7.05 Å². The van der Waals surface area contributed by atoms with Crippen LogP contribution < -0.4 is 5.56 Å². The molecule has 1 heterocycles. The van der Waals surface area contributed by atoms with Gasteiger partial charge in [0.2, 0.25) is 10.0 Å². The van der Waals surface area contributed by atoms with E-state index in [0.29, 0.717) is 12.5 Å². The molecule has 0 saturated heterocycles. The van der Waals surface area contributed by atoms with Crippen LogP contribution in [0.2, 0.25) is 0 Å². The number of fused-ring (bicyclic) bond motifs is 1. The summed E-state index contributed by atoms with van der Waals surface area (Å²) in [5.41, 5.74) is -1.02. The van der Waals surface area contributed by atoms with Crippen molar-refractivity contribution < 1.29 is 21.6 Å². The Morgan fingerprint density at radius 3 is 2.31 bits per heavy atom. The van der Waals surface area contributed by atoms with Gasteiger partial charge in [-0.3, -0.25) is 4.79 Å². The van der Waals surface area contributed by atoms with Crippen LogP contribution in [0.25, 0.3) is 10.9 Å². The Hall–Kier alpha value is -2.65. The fourth-order valence-corrected chi connectivity index (χ4v) is 4.26. The van der Waals surface area contributed by atoms with Crippen molar-refractivity contribution in [3.05, 3.63) is 76.1 Å². The largest absolute Gasteiger partial charge is 0.417 e. The zero-order valence-corrected chi connectivity index (χ0v) is 16.6. The number of rotatable bonds is 5. The Morgan fingerprint density at radius 2 is 1.69 bits per heavy atom. The second-order valence-corrected chi connectivity index (χ2v) is 8.74. The quantitative estimate of drug-likeness (QED) is 0.631. The van der Waals surface area contributed by atoms with Crippen LogP contribution in [0.15, 0.2) is 64.3 Å². The lowest BCUT2D eigenvalue weighted by atomic mass is 10.1. The molecule has 0 unspecified atom stereocenters. The summed E-state index contributed by atoms with van der Waals surface area (Å²) in [6.45, 7) is 0.170. The molecule has 0 bridgehead atoms. The summed E-state index contributed by atoms with van der Waals surface area (Å²) in [5.74, 6) is 0. The number of pyridine rings is 1. The summed E-state index contributed by atoms with van der Waals surface area (Å²) in [6, 6.07) is 13.2. The number of likely N-dealkylation sites (N-methyl/N-ethyl adjacent to an activating group) is 1. The first-order valence-corrected chi connectivity index (χ1v) is 10.2. The molecular formula is C20H19F3N2O3S. The number of aryl methyl sites for hydroxylation is 1. The first-order chi connectivity index (χ1) is 13.5. The number of nitrogens with zero attached hydrogens (tertiary/aromatic N) is 2. The lowest BCUT2D eigenvalue weighted by Gasteiger charge is -2.19. The summed E-state index contributed by atoms with van der Waals surface area (Å²) in [4.78, 5) is 11.6. The highest BCUT2D eigenvalue weighted by molar-refractivity contribution is 7.89. The summed E-state index contributed by atoms with van der Waals surface area (Å²) >= 11 is 0. The van der Waals surface area contributed by atoms with Gasteiger partial charge in [-0.25, -0.2) is 12.7 Å². The van der Waals surface area contributed by atoms with Crippen molar-refractivity contribution in [3.8, 4) is 0 Å². The van der Waals surface area contributed by atoms with Crippen LogP contribution in [-0.4, -0.2) is 30.9 Å². The van der Waals surface area contributed by atoms with E-state index in [0.717, 1.165) is 20.5 Å². The number of sulfonamides is 1. The molecule has 9 heteroatoms. The summed E-state index contributed by atoms with van der Waals surface area (Å²) in [6.07, 6.45) is -4.32. The van der Waals surface area contributed by atoms with Gasteiger partial charge in [0.05, 0.1) is 16.0 Å². The maximum atomic E-state index is 13.4. The zero-order valence-electron chi connectivity index (χ0n) is 15.8. The highest BCUT2D eigenvalue weighted by atomic mass is 32.2. The zero-order chi connectivity index (χ0) is 21.4. The van der Waals surface area contributed by atoms with Gasteiger partial charge in [-0.2, -0.15) is 13.2 Å². The minimum atomic E-state index is -4.78. The minimum absolute atomic E-state index is 0.00992. The van der Waals surface area contributed by atoms with Crippen LogP contribution in [0.1, 0.15) is 11.1 Å². The average Bonchev–Trinajstić information content (AvgIpc) is 2.68. The fourth-order valence-electron chi connectivity index (χ4n) is 3.07. The average molecular weight is 424 g/mol. The Balaban J connectivity index is 2.02. The van der Waals surface area contributed by atoms with E-state index in [2.05, 4.69) is 0 Å². The van der Waals surface area contributed by atoms with Crippen molar-refractivity contribution >= 4 is 20.9 Å². The van der Waals surface area contributed by atoms with Gasteiger partial charge in [-0.15, -0.1) is 0 Å². The van der Waals surface area contributed by atoms with Gasteiger partial charge in [-0.05, 0) is 30.2 Å². The molecule has 0 aliphatic carbocycles. The van der Waals surface area contributed by atoms with Gasteiger partial charge in [0.1, 0.15) is 0 Å². The Labute approximate surface area is 166 Å². The smallest absolute Gasteiger partial charge is 0.311 e. The van der Waals surface area contributed by atoms with E-state index in [-0.39, 0.29) is 22.3 Å². The number of alkyl halides is 3. The predicted octanol–water partition coefficient (Wildman–Crippen LogP) is 3.42. The number of halogens is 3. The van der Waals surface area contributed by atoms with E-state index in [1.165, 1.54) is 26.2 Å². The number of hydrogen-bond donors (Lipinski definition) is 0. The molecule has 3 aromatic rings. The molecule has 0 fully saturated rings. The summed E-state index contributed by atoms with van der Waals surface area (Å²) in [5, 5.41) is -0.336. The Bertz CT molecular complexity index is 1200. The molecule has 0 aliphatic heterocycles. The fraction of sp³-hybridized carbons (Fsp3) is 0.250. The van der Waals surface area contributed by atoms with Crippen LogP contribution in [-0.2, 0) is 29.7 Å². The van der Waals surface area contributed by atoms with Gasteiger partial charge >= 0.3 is 6.18 Å². The standard InChI is InChI=1S/C20H19F3N2O3S/c1-24(11-10-14-6-4-3-5-7-14)29(27,28)15-8-9-18-16(12-15)17(20(21,22)23)13-19(26)25(18)2/h3-9,12-13H,10-11H2,1-2H3. The van der Waals surface area contributed by atoms with Gasteiger partial charge in [-0.1, -0.05) is 30.3 Å².